The molecule has 3 rings (SSSR count). The summed E-state index contributed by atoms with van der Waals surface area (Å²) in [6.45, 7) is 6.86. The first-order chi connectivity index (χ1) is 15.3. The molecule has 0 aliphatic rings. The minimum absolute atomic E-state index is 0.0918. The van der Waals surface area contributed by atoms with Gasteiger partial charge in [-0.3, -0.25) is 4.57 Å². The Morgan fingerprint density at radius 1 is 1.03 bits per heavy atom. The van der Waals surface area contributed by atoms with Crippen LogP contribution in [0, 0.1) is 5.82 Å². The molecule has 180 valence electrons. The maximum Gasteiger partial charge on any atom is 0.419 e. The normalized spacial score (nSPS) is 13.9. The molecule has 0 amide bonds. The molecule has 0 spiro atoms. The SMILES string of the molecule is CC(C)OP(=O)(OC(C)C)[C@H](Cc1ccc(F)c(C(F)(F)F)c1)c1sc2ccccc2c1Br. The van der Waals surface area contributed by atoms with E-state index < -0.39 is 43.0 Å². The fraction of sp³-hybridized carbons (Fsp3) is 0.391. The maximum absolute atomic E-state index is 14.2. The van der Waals surface area contributed by atoms with Crippen molar-refractivity contribution in [1.82, 2.24) is 0 Å². The summed E-state index contributed by atoms with van der Waals surface area (Å²) in [4.78, 5) is 0.638. The molecule has 2 aromatic carbocycles. The number of hydrogen-bond acceptors (Lipinski definition) is 4. The van der Waals surface area contributed by atoms with Crippen molar-refractivity contribution >= 4 is 44.9 Å². The molecule has 33 heavy (non-hydrogen) atoms. The summed E-state index contributed by atoms with van der Waals surface area (Å²) in [5.74, 6) is -1.36. The maximum atomic E-state index is 14.2. The Balaban J connectivity index is 2.19. The molecule has 0 aliphatic carbocycles. The predicted octanol–water partition coefficient (Wildman–Crippen LogP) is 9.15. The Bertz CT molecular complexity index is 1160. The highest BCUT2D eigenvalue weighted by molar-refractivity contribution is 9.10. The van der Waals surface area contributed by atoms with Crippen LogP contribution in [0.4, 0.5) is 17.6 Å². The van der Waals surface area contributed by atoms with E-state index in [0.29, 0.717) is 9.35 Å². The zero-order chi connectivity index (χ0) is 24.6. The zero-order valence-corrected chi connectivity index (χ0v) is 21.7. The first kappa shape index (κ1) is 26.4. The van der Waals surface area contributed by atoms with Gasteiger partial charge in [-0.1, -0.05) is 24.3 Å². The lowest BCUT2D eigenvalue weighted by Gasteiger charge is -2.30. The van der Waals surface area contributed by atoms with Crippen LogP contribution >= 0.6 is 34.9 Å². The summed E-state index contributed by atoms with van der Waals surface area (Å²) >= 11 is 4.96. The van der Waals surface area contributed by atoms with Crippen LogP contribution in [0.25, 0.3) is 10.1 Å². The van der Waals surface area contributed by atoms with Crippen LogP contribution in [0.15, 0.2) is 46.9 Å². The summed E-state index contributed by atoms with van der Waals surface area (Å²) in [6, 6.07) is 10.4. The van der Waals surface area contributed by atoms with Crippen molar-refractivity contribution in [1.29, 1.82) is 0 Å². The van der Waals surface area contributed by atoms with Crippen molar-refractivity contribution in [2.75, 3.05) is 0 Å². The van der Waals surface area contributed by atoms with Crippen LogP contribution in [-0.2, 0) is 26.2 Å². The topological polar surface area (TPSA) is 35.5 Å². The molecule has 10 heteroatoms. The molecule has 1 aromatic heterocycles. The van der Waals surface area contributed by atoms with Crippen LogP contribution in [0.1, 0.15) is 49.4 Å². The van der Waals surface area contributed by atoms with Crippen molar-refractivity contribution in [3.8, 4) is 0 Å². The Kier molecular flexibility index (Phi) is 8.12. The number of thiophene rings is 1. The predicted molar refractivity (Wildman–Crippen MR) is 127 cm³/mol. The number of rotatable bonds is 8. The van der Waals surface area contributed by atoms with E-state index in [4.69, 9.17) is 9.05 Å². The van der Waals surface area contributed by atoms with Gasteiger partial charge in [-0.05, 0) is 73.8 Å². The Morgan fingerprint density at radius 3 is 2.18 bits per heavy atom. The highest BCUT2D eigenvalue weighted by Crippen LogP contribution is 2.66. The minimum atomic E-state index is -4.85. The van der Waals surface area contributed by atoms with Gasteiger partial charge in [0.05, 0.1) is 17.8 Å². The first-order valence-electron chi connectivity index (χ1n) is 10.3. The van der Waals surface area contributed by atoms with E-state index >= 15 is 0 Å². The van der Waals surface area contributed by atoms with Crippen LogP contribution in [-0.4, -0.2) is 12.2 Å². The van der Waals surface area contributed by atoms with E-state index in [0.717, 1.165) is 22.2 Å². The van der Waals surface area contributed by atoms with Crippen molar-refractivity contribution < 1.29 is 31.2 Å². The number of alkyl halides is 3. The lowest BCUT2D eigenvalue weighted by atomic mass is 10.0. The van der Waals surface area contributed by atoms with Crippen LogP contribution in [0.2, 0.25) is 0 Å². The molecule has 1 atom stereocenters. The van der Waals surface area contributed by atoms with Gasteiger partial charge in [-0.25, -0.2) is 4.39 Å². The fourth-order valence-electron chi connectivity index (χ4n) is 3.49. The largest absolute Gasteiger partial charge is 0.419 e. The van der Waals surface area contributed by atoms with Crippen LogP contribution < -0.4 is 0 Å². The molecule has 1 heterocycles. The van der Waals surface area contributed by atoms with Crippen molar-refractivity contribution in [2.45, 2.75) is 58.2 Å². The first-order valence-corrected chi connectivity index (χ1v) is 13.5. The van der Waals surface area contributed by atoms with Gasteiger partial charge in [0.15, 0.2) is 0 Å². The zero-order valence-electron chi connectivity index (χ0n) is 18.5. The summed E-state index contributed by atoms with van der Waals surface area (Å²) in [7, 11) is -3.87. The molecule has 0 N–H and O–H groups in total. The summed E-state index contributed by atoms with van der Waals surface area (Å²) in [5.41, 5.74) is -2.09. The van der Waals surface area contributed by atoms with Gasteiger partial charge < -0.3 is 9.05 Å². The molecular weight excluding hydrogens is 543 g/mol. The number of fused-ring (bicyclic) bond motifs is 1. The van der Waals surface area contributed by atoms with Crippen molar-refractivity contribution in [3.05, 3.63) is 68.8 Å². The van der Waals surface area contributed by atoms with E-state index in [2.05, 4.69) is 15.9 Å². The van der Waals surface area contributed by atoms with E-state index in [1.54, 1.807) is 27.7 Å². The third-order valence-corrected chi connectivity index (χ3v) is 9.94. The second-order valence-corrected chi connectivity index (χ2v) is 12.2. The second-order valence-electron chi connectivity index (χ2n) is 8.16. The molecule has 0 aliphatic heterocycles. The lowest BCUT2D eigenvalue weighted by Crippen LogP contribution is -2.16. The molecule has 0 saturated heterocycles. The summed E-state index contributed by atoms with van der Waals surface area (Å²) in [5, 5.41) is 0.887. The number of hydrogen-bond donors (Lipinski definition) is 0. The van der Waals surface area contributed by atoms with E-state index in [-0.39, 0.29) is 12.0 Å². The van der Waals surface area contributed by atoms with Gasteiger partial charge in [-0.15, -0.1) is 11.3 Å². The van der Waals surface area contributed by atoms with Gasteiger partial charge in [0.2, 0.25) is 0 Å². The fourth-order valence-corrected chi connectivity index (χ4v) is 8.67. The Hall–Kier alpha value is -1.25. The molecule has 3 nitrogen and oxygen atoms in total. The van der Waals surface area contributed by atoms with Gasteiger partial charge in [-0.2, -0.15) is 13.2 Å². The van der Waals surface area contributed by atoms with E-state index in [9.17, 15) is 22.1 Å². The third kappa shape index (κ3) is 6.06. The molecular formula is C23H24BrF4O3PS. The minimum Gasteiger partial charge on any atom is -0.305 e. The van der Waals surface area contributed by atoms with E-state index in [1.165, 1.54) is 17.4 Å². The average Bonchev–Trinajstić information content (AvgIpc) is 3.01. The van der Waals surface area contributed by atoms with E-state index in [1.807, 2.05) is 24.3 Å². The van der Waals surface area contributed by atoms with Crippen LogP contribution in [0.5, 0.6) is 0 Å². The molecule has 0 bridgehead atoms. The van der Waals surface area contributed by atoms with Gasteiger partial charge >= 0.3 is 13.8 Å². The number of halogens is 5. The smallest absolute Gasteiger partial charge is 0.305 e. The monoisotopic (exact) mass is 566 g/mol. The van der Waals surface area contributed by atoms with Crippen molar-refractivity contribution in [2.24, 2.45) is 0 Å². The molecule has 0 radical (unpaired) electrons. The quantitative estimate of drug-likeness (QED) is 0.201. The highest BCUT2D eigenvalue weighted by Gasteiger charge is 2.42. The lowest BCUT2D eigenvalue weighted by molar-refractivity contribution is -0.140. The second kappa shape index (κ2) is 10.2. The van der Waals surface area contributed by atoms with Crippen LogP contribution in [0.3, 0.4) is 0 Å². The molecule has 3 aromatic rings. The van der Waals surface area contributed by atoms with Gasteiger partial charge in [0.25, 0.3) is 0 Å². The highest BCUT2D eigenvalue weighted by atomic mass is 79.9. The number of benzene rings is 2. The van der Waals surface area contributed by atoms with Crippen molar-refractivity contribution in [3.63, 3.8) is 0 Å². The molecule has 0 saturated carbocycles. The Morgan fingerprint density at radius 2 is 1.64 bits per heavy atom. The third-order valence-electron chi connectivity index (χ3n) is 4.72. The summed E-state index contributed by atoms with van der Waals surface area (Å²) < 4.78 is 81.3. The molecule has 0 unspecified atom stereocenters. The van der Waals surface area contributed by atoms with Gasteiger partial charge in [0, 0.05) is 19.4 Å². The Labute approximate surface area is 202 Å². The van der Waals surface area contributed by atoms with Gasteiger partial charge in [0.1, 0.15) is 11.5 Å². The standard InChI is InChI=1S/C23H24BrF4O3PS/c1-13(2)30-32(29,31-14(3)4)19(22-21(24)16-7-5-6-8-20(16)33-22)12-15-9-10-18(25)17(11-15)23(26,27)28/h5-11,13-14,19H,12H2,1-4H3/t19-/m1/s1. The summed E-state index contributed by atoms with van der Waals surface area (Å²) in [6.07, 6.45) is -5.85. The molecule has 0 fully saturated rings. The average molecular weight is 567 g/mol.